The van der Waals surface area contributed by atoms with Crippen LogP contribution in [0.2, 0.25) is 0 Å². The molecule has 0 atom stereocenters. The van der Waals surface area contributed by atoms with Gasteiger partial charge in [-0.1, -0.05) is 60.7 Å². The minimum absolute atomic E-state index is 0.318. The van der Waals surface area contributed by atoms with Crippen molar-refractivity contribution < 1.29 is 9.53 Å². The molecule has 0 saturated carbocycles. The standard InChI is InChI=1S/C26H24N2O2/c1-3-28-24-16-15-22(26(29)30-4-2)18-23(24)27-25(28)17-12-19-10-13-21(14-11-19)20-8-6-5-7-9-20/h5-18H,3-4H2,1-2H3/b17-12+. The van der Waals surface area contributed by atoms with Gasteiger partial charge < -0.3 is 9.30 Å². The number of hydrogen-bond acceptors (Lipinski definition) is 3. The molecule has 0 aliphatic heterocycles. The molecule has 4 nitrogen and oxygen atoms in total. The third kappa shape index (κ3) is 4.03. The van der Waals surface area contributed by atoms with Crippen LogP contribution in [0, 0.1) is 0 Å². The largest absolute Gasteiger partial charge is 0.462 e. The molecule has 1 heterocycles. The monoisotopic (exact) mass is 396 g/mol. The predicted molar refractivity (Wildman–Crippen MR) is 122 cm³/mol. The van der Waals surface area contributed by atoms with Crippen molar-refractivity contribution in [2.45, 2.75) is 20.4 Å². The highest BCUT2D eigenvalue weighted by atomic mass is 16.5. The lowest BCUT2D eigenvalue weighted by molar-refractivity contribution is 0.0526. The summed E-state index contributed by atoms with van der Waals surface area (Å²) in [7, 11) is 0. The van der Waals surface area contributed by atoms with E-state index in [4.69, 9.17) is 9.72 Å². The lowest BCUT2D eigenvalue weighted by Gasteiger charge is -2.04. The van der Waals surface area contributed by atoms with E-state index in [0.29, 0.717) is 12.2 Å². The molecule has 0 unspecified atom stereocenters. The first-order valence-electron chi connectivity index (χ1n) is 10.2. The van der Waals surface area contributed by atoms with Crippen LogP contribution in [-0.4, -0.2) is 22.1 Å². The molecule has 0 bridgehead atoms. The van der Waals surface area contributed by atoms with Crippen LogP contribution in [0.5, 0.6) is 0 Å². The first-order valence-corrected chi connectivity index (χ1v) is 10.2. The van der Waals surface area contributed by atoms with Crippen LogP contribution >= 0.6 is 0 Å². The summed E-state index contributed by atoms with van der Waals surface area (Å²) >= 11 is 0. The second kappa shape index (κ2) is 8.78. The van der Waals surface area contributed by atoms with Gasteiger partial charge in [-0.3, -0.25) is 0 Å². The van der Waals surface area contributed by atoms with E-state index in [-0.39, 0.29) is 5.97 Å². The third-order valence-electron chi connectivity index (χ3n) is 5.05. The summed E-state index contributed by atoms with van der Waals surface area (Å²) in [4.78, 5) is 16.8. The third-order valence-corrected chi connectivity index (χ3v) is 5.05. The molecule has 0 saturated heterocycles. The van der Waals surface area contributed by atoms with E-state index in [1.54, 1.807) is 19.1 Å². The summed E-state index contributed by atoms with van der Waals surface area (Å²) in [6.07, 6.45) is 4.08. The minimum atomic E-state index is -0.318. The quantitative estimate of drug-likeness (QED) is 0.372. The number of aromatic nitrogens is 2. The van der Waals surface area contributed by atoms with Crippen LogP contribution in [-0.2, 0) is 11.3 Å². The Kier molecular flexibility index (Phi) is 5.75. The van der Waals surface area contributed by atoms with Gasteiger partial charge in [0, 0.05) is 6.54 Å². The van der Waals surface area contributed by atoms with Crippen molar-refractivity contribution in [3.63, 3.8) is 0 Å². The van der Waals surface area contributed by atoms with Gasteiger partial charge in [-0.2, -0.15) is 0 Å². The van der Waals surface area contributed by atoms with Crippen molar-refractivity contribution in [2.24, 2.45) is 0 Å². The highest BCUT2D eigenvalue weighted by Crippen LogP contribution is 2.22. The zero-order chi connectivity index (χ0) is 20.9. The molecule has 4 rings (SSSR count). The van der Waals surface area contributed by atoms with Crippen LogP contribution in [0.25, 0.3) is 34.3 Å². The summed E-state index contributed by atoms with van der Waals surface area (Å²) in [6.45, 7) is 5.04. The Bertz CT molecular complexity index is 1190. The number of ether oxygens (including phenoxy) is 1. The summed E-state index contributed by atoms with van der Waals surface area (Å²) in [6, 6.07) is 24.3. The topological polar surface area (TPSA) is 44.1 Å². The fourth-order valence-corrected chi connectivity index (χ4v) is 3.54. The van der Waals surface area contributed by atoms with Crippen molar-refractivity contribution in [3.05, 3.63) is 89.7 Å². The van der Waals surface area contributed by atoms with E-state index in [2.05, 4.69) is 54.0 Å². The number of hydrogen-bond donors (Lipinski definition) is 0. The summed E-state index contributed by atoms with van der Waals surface area (Å²) in [5.41, 5.74) is 5.83. The number of rotatable bonds is 6. The smallest absolute Gasteiger partial charge is 0.338 e. The van der Waals surface area contributed by atoms with Gasteiger partial charge in [-0.05, 0) is 54.8 Å². The molecule has 0 radical (unpaired) electrons. The number of nitrogens with zero attached hydrogens (tertiary/aromatic N) is 2. The molecule has 3 aromatic carbocycles. The molecule has 0 N–H and O–H groups in total. The number of fused-ring (bicyclic) bond motifs is 1. The Morgan fingerprint density at radius 3 is 2.37 bits per heavy atom. The van der Waals surface area contributed by atoms with E-state index in [9.17, 15) is 4.79 Å². The number of benzene rings is 3. The molecule has 0 aliphatic carbocycles. The predicted octanol–water partition coefficient (Wildman–Crippen LogP) is 6.07. The van der Waals surface area contributed by atoms with E-state index in [1.165, 1.54) is 11.1 Å². The van der Waals surface area contributed by atoms with Crippen LogP contribution in [0.4, 0.5) is 0 Å². The number of carbonyl (C=O) groups is 1. The fraction of sp³-hybridized carbons (Fsp3) is 0.154. The molecular weight excluding hydrogens is 372 g/mol. The second-order valence-corrected chi connectivity index (χ2v) is 6.96. The van der Waals surface area contributed by atoms with Crippen LogP contribution in [0.3, 0.4) is 0 Å². The van der Waals surface area contributed by atoms with Crippen LogP contribution < -0.4 is 0 Å². The second-order valence-electron chi connectivity index (χ2n) is 6.96. The molecular formula is C26H24N2O2. The van der Waals surface area contributed by atoms with Crippen molar-refractivity contribution in [1.82, 2.24) is 9.55 Å². The average molecular weight is 396 g/mol. The van der Waals surface area contributed by atoms with Gasteiger partial charge in [-0.25, -0.2) is 9.78 Å². The van der Waals surface area contributed by atoms with E-state index in [0.717, 1.165) is 29.0 Å². The fourth-order valence-electron chi connectivity index (χ4n) is 3.54. The molecule has 150 valence electrons. The molecule has 1 aromatic heterocycles. The molecule has 4 heteroatoms. The molecule has 0 fully saturated rings. The zero-order valence-corrected chi connectivity index (χ0v) is 17.2. The number of aryl methyl sites for hydroxylation is 1. The maximum Gasteiger partial charge on any atom is 0.338 e. The first-order chi connectivity index (χ1) is 14.7. The molecule has 0 spiro atoms. The van der Waals surface area contributed by atoms with Gasteiger partial charge in [-0.15, -0.1) is 0 Å². The van der Waals surface area contributed by atoms with Crippen LogP contribution in [0.1, 0.15) is 35.6 Å². The van der Waals surface area contributed by atoms with Gasteiger partial charge in [0.25, 0.3) is 0 Å². The average Bonchev–Trinajstić information content (AvgIpc) is 3.15. The Morgan fingerprint density at radius 2 is 1.67 bits per heavy atom. The minimum Gasteiger partial charge on any atom is -0.462 e. The lowest BCUT2D eigenvalue weighted by atomic mass is 10.0. The maximum atomic E-state index is 12.0. The SMILES string of the molecule is CCOC(=O)c1ccc2c(c1)nc(/C=C/c1ccc(-c3ccccc3)cc1)n2CC. The Labute approximate surface area is 176 Å². The van der Waals surface area contributed by atoms with E-state index < -0.39 is 0 Å². The van der Waals surface area contributed by atoms with Crippen molar-refractivity contribution in [1.29, 1.82) is 0 Å². The van der Waals surface area contributed by atoms with Gasteiger partial charge >= 0.3 is 5.97 Å². The van der Waals surface area contributed by atoms with Crippen molar-refractivity contribution >= 4 is 29.2 Å². The molecule has 0 amide bonds. The number of esters is 1. The van der Waals surface area contributed by atoms with E-state index in [1.807, 2.05) is 30.3 Å². The number of imidazole rings is 1. The van der Waals surface area contributed by atoms with Gasteiger partial charge in [0.15, 0.2) is 0 Å². The van der Waals surface area contributed by atoms with Crippen LogP contribution in [0.15, 0.2) is 72.8 Å². The molecule has 0 aliphatic rings. The first kappa shape index (κ1) is 19.6. The summed E-state index contributed by atoms with van der Waals surface area (Å²) < 4.78 is 7.24. The molecule has 30 heavy (non-hydrogen) atoms. The summed E-state index contributed by atoms with van der Waals surface area (Å²) in [5, 5.41) is 0. The highest BCUT2D eigenvalue weighted by Gasteiger charge is 2.12. The van der Waals surface area contributed by atoms with Crippen molar-refractivity contribution in [2.75, 3.05) is 6.61 Å². The zero-order valence-electron chi connectivity index (χ0n) is 17.2. The van der Waals surface area contributed by atoms with Crippen molar-refractivity contribution in [3.8, 4) is 11.1 Å². The van der Waals surface area contributed by atoms with E-state index >= 15 is 0 Å². The Morgan fingerprint density at radius 1 is 0.933 bits per heavy atom. The van der Waals surface area contributed by atoms with Gasteiger partial charge in [0.1, 0.15) is 5.82 Å². The lowest BCUT2D eigenvalue weighted by Crippen LogP contribution is -2.04. The normalized spacial score (nSPS) is 11.3. The number of carbonyl (C=O) groups excluding carboxylic acids is 1. The van der Waals surface area contributed by atoms with Gasteiger partial charge in [0.2, 0.25) is 0 Å². The Hall–Kier alpha value is -3.66. The highest BCUT2D eigenvalue weighted by molar-refractivity contribution is 5.94. The molecule has 4 aromatic rings. The maximum absolute atomic E-state index is 12.0. The Balaban J connectivity index is 1.61. The summed E-state index contributed by atoms with van der Waals surface area (Å²) in [5.74, 6) is 0.543. The van der Waals surface area contributed by atoms with Gasteiger partial charge in [0.05, 0.1) is 23.2 Å².